The average Bonchev–Trinajstić information content (AvgIpc) is 2.62. The molecule has 0 aromatic heterocycles. The molecule has 0 spiro atoms. The van der Waals surface area contributed by atoms with Crippen LogP contribution in [-0.2, 0) is 14.3 Å². The lowest BCUT2D eigenvalue weighted by molar-refractivity contribution is -0.144. The number of piperidine rings is 1. The quantitative estimate of drug-likeness (QED) is 0.779. The predicted octanol–water partition coefficient (Wildman–Crippen LogP) is 1.66. The van der Waals surface area contributed by atoms with Crippen LogP contribution in [-0.4, -0.2) is 61.0 Å². The summed E-state index contributed by atoms with van der Waals surface area (Å²) in [6.07, 6.45) is 7.07. The van der Waals surface area contributed by atoms with Crippen LogP contribution in [0.1, 0.15) is 44.9 Å². The van der Waals surface area contributed by atoms with Gasteiger partial charge in [0.05, 0.1) is 13.2 Å². The summed E-state index contributed by atoms with van der Waals surface area (Å²) in [5.74, 6) is 0.916. The Labute approximate surface area is 133 Å². The van der Waals surface area contributed by atoms with E-state index in [1.165, 1.54) is 6.42 Å². The molecule has 1 aliphatic carbocycles. The summed E-state index contributed by atoms with van der Waals surface area (Å²) in [5, 5.41) is 0. The van der Waals surface area contributed by atoms with Crippen molar-refractivity contribution in [1.82, 2.24) is 9.80 Å². The fourth-order valence-electron chi connectivity index (χ4n) is 4.00. The van der Waals surface area contributed by atoms with Crippen LogP contribution in [0.5, 0.6) is 0 Å². The summed E-state index contributed by atoms with van der Waals surface area (Å²) in [7, 11) is 0. The monoisotopic (exact) mass is 308 g/mol. The van der Waals surface area contributed by atoms with E-state index < -0.39 is 0 Å². The first-order valence-corrected chi connectivity index (χ1v) is 8.91. The summed E-state index contributed by atoms with van der Waals surface area (Å²) in [5.41, 5.74) is 0. The highest BCUT2D eigenvalue weighted by Crippen LogP contribution is 2.32. The highest BCUT2D eigenvalue weighted by atomic mass is 16.5. The number of rotatable bonds is 2. The highest BCUT2D eigenvalue weighted by molar-refractivity contribution is 5.81. The summed E-state index contributed by atoms with van der Waals surface area (Å²) >= 11 is 0. The van der Waals surface area contributed by atoms with Gasteiger partial charge in [-0.1, -0.05) is 0 Å². The number of morpholine rings is 1. The zero-order chi connectivity index (χ0) is 15.4. The maximum Gasteiger partial charge on any atom is 0.225 e. The molecule has 5 heteroatoms. The van der Waals surface area contributed by atoms with Crippen molar-refractivity contribution in [3.05, 3.63) is 0 Å². The first kappa shape index (κ1) is 15.8. The number of amides is 2. The summed E-state index contributed by atoms with van der Waals surface area (Å²) in [6, 6.07) is 0. The van der Waals surface area contributed by atoms with Crippen molar-refractivity contribution in [3.63, 3.8) is 0 Å². The SMILES string of the molecule is O=C(C1CCC(C(=O)N2CCOCC2)CC1)N1CCCCC1. The molecule has 2 saturated heterocycles. The average molecular weight is 308 g/mol. The van der Waals surface area contributed by atoms with E-state index in [0.29, 0.717) is 19.1 Å². The molecule has 0 atom stereocenters. The molecule has 0 unspecified atom stereocenters. The fourth-order valence-corrected chi connectivity index (χ4v) is 4.00. The number of carbonyl (C=O) groups excluding carboxylic acids is 2. The van der Waals surface area contributed by atoms with Gasteiger partial charge in [-0.3, -0.25) is 9.59 Å². The Morgan fingerprint density at radius 2 is 1.14 bits per heavy atom. The van der Waals surface area contributed by atoms with Crippen molar-refractivity contribution < 1.29 is 14.3 Å². The lowest BCUT2D eigenvalue weighted by Gasteiger charge is -2.36. The lowest BCUT2D eigenvalue weighted by atomic mass is 9.80. The molecule has 5 nitrogen and oxygen atoms in total. The molecule has 124 valence electrons. The van der Waals surface area contributed by atoms with Gasteiger partial charge in [0.2, 0.25) is 11.8 Å². The first-order chi connectivity index (χ1) is 10.8. The Kier molecular flexibility index (Phi) is 5.34. The van der Waals surface area contributed by atoms with E-state index in [9.17, 15) is 9.59 Å². The van der Waals surface area contributed by atoms with Crippen LogP contribution in [0.2, 0.25) is 0 Å². The van der Waals surface area contributed by atoms with Crippen LogP contribution in [0, 0.1) is 11.8 Å². The van der Waals surface area contributed by atoms with Crippen molar-refractivity contribution in [2.45, 2.75) is 44.9 Å². The molecular formula is C17H28N2O3. The van der Waals surface area contributed by atoms with Crippen molar-refractivity contribution >= 4 is 11.8 Å². The largest absolute Gasteiger partial charge is 0.378 e. The molecular weight excluding hydrogens is 280 g/mol. The van der Waals surface area contributed by atoms with Gasteiger partial charge >= 0.3 is 0 Å². The standard InChI is InChI=1S/C17H28N2O3/c20-16(18-8-2-1-3-9-18)14-4-6-15(7-5-14)17(21)19-10-12-22-13-11-19/h14-15H,1-13H2. The van der Waals surface area contributed by atoms with E-state index in [0.717, 1.165) is 64.7 Å². The molecule has 0 bridgehead atoms. The van der Waals surface area contributed by atoms with Crippen molar-refractivity contribution in [3.8, 4) is 0 Å². The minimum Gasteiger partial charge on any atom is -0.378 e. The third-order valence-electron chi connectivity index (χ3n) is 5.42. The lowest BCUT2D eigenvalue weighted by Crippen LogP contribution is -2.45. The molecule has 2 aliphatic heterocycles. The maximum atomic E-state index is 12.5. The van der Waals surface area contributed by atoms with Crippen molar-refractivity contribution in [2.75, 3.05) is 39.4 Å². The molecule has 3 rings (SSSR count). The smallest absolute Gasteiger partial charge is 0.225 e. The van der Waals surface area contributed by atoms with Gasteiger partial charge in [0, 0.05) is 38.0 Å². The van der Waals surface area contributed by atoms with E-state index in [2.05, 4.69) is 4.90 Å². The third-order valence-corrected chi connectivity index (χ3v) is 5.42. The first-order valence-electron chi connectivity index (χ1n) is 8.91. The number of hydrogen-bond donors (Lipinski definition) is 0. The molecule has 2 heterocycles. The van der Waals surface area contributed by atoms with Crippen LogP contribution in [0.4, 0.5) is 0 Å². The van der Waals surface area contributed by atoms with Gasteiger partial charge < -0.3 is 14.5 Å². The fraction of sp³-hybridized carbons (Fsp3) is 0.882. The second kappa shape index (κ2) is 7.44. The topological polar surface area (TPSA) is 49.9 Å². The van der Waals surface area contributed by atoms with E-state index in [4.69, 9.17) is 4.74 Å². The zero-order valence-corrected chi connectivity index (χ0v) is 13.5. The Morgan fingerprint density at radius 1 is 0.682 bits per heavy atom. The van der Waals surface area contributed by atoms with E-state index in [-0.39, 0.29) is 17.7 Å². The second-order valence-corrected chi connectivity index (χ2v) is 6.87. The minimum absolute atomic E-state index is 0.128. The van der Waals surface area contributed by atoms with Crippen LogP contribution >= 0.6 is 0 Å². The van der Waals surface area contributed by atoms with Crippen LogP contribution < -0.4 is 0 Å². The molecule has 3 fully saturated rings. The molecule has 0 radical (unpaired) electrons. The Hall–Kier alpha value is -1.10. The normalized spacial score (nSPS) is 30.2. The number of nitrogens with zero attached hydrogens (tertiary/aromatic N) is 2. The Bertz CT molecular complexity index is 355. The third kappa shape index (κ3) is 3.62. The minimum atomic E-state index is 0.128. The van der Waals surface area contributed by atoms with Crippen LogP contribution in [0.3, 0.4) is 0 Å². The van der Waals surface area contributed by atoms with Gasteiger partial charge in [-0.25, -0.2) is 0 Å². The van der Waals surface area contributed by atoms with Gasteiger partial charge in [0.1, 0.15) is 0 Å². The molecule has 0 aromatic carbocycles. The Balaban J connectivity index is 1.47. The molecule has 22 heavy (non-hydrogen) atoms. The van der Waals surface area contributed by atoms with Gasteiger partial charge in [-0.15, -0.1) is 0 Å². The van der Waals surface area contributed by atoms with Gasteiger partial charge in [0.25, 0.3) is 0 Å². The number of hydrogen-bond acceptors (Lipinski definition) is 3. The van der Waals surface area contributed by atoms with E-state index in [1.807, 2.05) is 4.90 Å². The van der Waals surface area contributed by atoms with Gasteiger partial charge in [-0.05, 0) is 44.9 Å². The van der Waals surface area contributed by atoms with Crippen LogP contribution in [0.25, 0.3) is 0 Å². The molecule has 3 aliphatic rings. The maximum absolute atomic E-state index is 12.5. The van der Waals surface area contributed by atoms with Crippen molar-refractivity contribution in [2.24, 2.45) is 11.8 Å². The number of ether oxygens (including phenoxy) is 1. The van der Waals surface area contributed by atoms with E-state index >= 15 is 0 Å². The summed E-state index contributed by atoms with van der Waals surface area (Å²) in [6.45, 7) is 4.65. The second-order valence-electron chi connectivity index (χ2n) is 6.87. The van der Waals surface area contributed by atoms with Gasteiger partial charge in [0.15, 0.2) is 0 Å². The summed E-state index contributed by atoms with van der Waals surface area (Å²) in [4.78, 5) is 29.1. The molecule has 1 saturated carbocycles. The molecule has 0 N–H and O–H groups in total. The number of likely N-dealkylation sites (tertiary alicyclic amines) is 1. The van der Waals surface area contributed by atoms with Gasteiger partial charge in [-0.2, -0.15) is 0 Å². The highest BCUT2D eigenvalue weighted by Gasteiger charge is 2.34. The van der Waals surface area contributed by atoms with Crippen molar-refractivity contribution in [1.29, 1.82) is 0 Å². The molecule has 2 amide bonds. The zero-order valence-electron chi connectivity index (χ0n) is 13.5. The number of carbonyl (C=O) groups is 2. The van der Waals surface area contributed by atoms with Crippen LogP contribution in [0.15, 0.2) is 0 Å². The van der Waals surface area contributed by atoms with E-state index in [1.54, 1.807) is 0 Å². The molecule has 0 aromatic rings. The Morgan fingerprint density at radius 3 is 1.64 bits per heavy atom. The summed E-state index contributed by atoms with van der Waals surface area (Å²) < 4.78 is 5.31. The predicted molar refractivity (Wildman–Crippen MR) is 83.3 cm³/mol.